The van der Waals surface area contributed by atoms with Gasteiger partial charge in [0.2, 0.25) is 0 Å². The highest BCUT2D eigenvalue weighted by Gasteiger charge is 2.09. The normalized spacial score (nSPS) is 10.5. The van der Waals surface area contributed by atoms with Crippen LogP contribution in [-0.2, 0) is 4.79 Å². The van der Waals surface area contributed by atoms with Crippen molar-refractivity contribution in [1.29, 1.82) is 0 Å². The molecule has 4 rings (SSSR count). The Bertz CT molecular complexity index is 1200. The molecule has 0 spiro atoms. The van der Waals surface area contributed by atoms with Gasteiger partial charge in [-0.1, -0.05) is 23.7 Å². The molecule has 0 atom stereocenters. The van der Waals surface area contributed by atoms with E-state index in [1.54, 1.807) is 49.8 Å². The molecule has 0 radical (unpaired) electrons. The molecule has 2 aromatic carbocycles. The summed E-state index contributed by atoms with van der Waals surface area (Å²) in [6.45, 7) is -0.214. The zero-order chi connectivity index (χ0) is 21.6. The molecule has 0 fully saturated rings. The van der Waals surface area contributed by atoms with Crippen LogP contribution in [0.1, 0.15) is 0 Å². The first-order chi connectivity index (χ1) is 15.1. The first kappa shape index (κ1) is 20.3. The summed E-state index contributed by atoms with van der Waals surface area (Å²) in [6, 6.07) is 14.3. The molecular weight excluding hydrogens is 420 g/mol. The van der Waals surface area contributed by atoms with Crippen molar-refractivity contribution in [2.24, 2.45) is 0 Å². The van der Waals surface area contributed by atoms with Crippen molar-refractivity contribution in [3.63, 3.8) is 0 Å². The van der Waals surface area contributed by atoms with Gasteiger partial charge in [-0.05, 0) is 30.3 Å². The maximum absolute atomic E-state index is 12.1. The number of nitrogens with zero attached hydrogens (tertiary/aromatic N) is 4. The van der Waals surface area contributed by atoms with E-state index in [2.05, 4.69) is 31.0 Å². The van der Waals surface area contributed by atoms with Gasteiger partial charge in [-0.25, -0.2) is 4.98 Å². The SMILES string of the molecule is COc1ccc2c(OCC(=O)NNc3ncc(-c4ccc(Cl)cc4)nn3)ccnc2c1. The zero-order valence-corrected chi connectivity index (χ0v) is 17.1. The maximum Gasteiger partial charge on any atom is 0.276 e. The van der Waals surface area contributed by atoms with Gasteiger partial charge in [0.05, 0.1) is 18.8 Å². The van der Waals surface area contributed by atoms with Crippen molar-refractivity contribution in [3.8, 4) is 22.8 Å². The van der Waals surface area contributed by atoms with E-state index in [1.165, 1.54) is 0 Å². The molecule has 0 saturated carbocycles. The van der Waals surface area contributed by atoms with Crippen LogP contribution in [0.4, 0.5) is 5.95 Å². The third-order valence-corrected chi connectivity index (χ3v) is 4.54. The quantitative estimate of drug-likeness (QED) is 0.424. The summed E-state index contributed by atoms with van der Waals surface area (Å²) in [7, 11) is 1.59. The van der Waals surface area contributed by atoms with E-state index >= 15 is 0 Å². The standard InChI is InChI=1S/C21H17ClN6O3/c1-30-15-6-7-16-17(10-15)23-9-8-19(16)31-12-20(29)26-28-21-24-11-18(25-27-21)13-2-4-14(22)5-3-13/h2-11H,12H2,1H3,(H,26,29)(H,24,27,28). The Kier molecular flexibility index (Phi) is 6.04. The lowest BCUT2D eigenvalue weighted by molar-refractivity contribution is -0.122. The van der Waals surface area contributed by atoms with Gasteiger partial charge < -0.3 is 9.47 Å². The monoisotopic (exact) mass is 436 g/mol. The number of hydrazine groups is 1. The van der Waals surface area contributed by atoms with Gasteiger partial charge >= 0.3 is 0 Å². The van der Waals surface area contributed by atoms with Crippen molar-refractivity contribution < 1.29 is 14.3 Å². The lowest BCUT2D eigenvalue weighted by Crippen LogP contribution is -2.34. The number of hydrogen-bond acceptors (Lipinski definition) is 8. The third-order valence-electron chi connectivity index (χ3n) is 4.28. The lowest BCUT2D eigenvalue weighted by atomic mass is 10.2. The van der Waals surface area contributed by atoms with Crippen LogP contribution in [0.15, 0.2) is 60.9 Å². The van der Waals surface area contributed by atoms with Gasteiger partial charge in [-0.3, -0.25) is 20.6 Å². The second kappa shape index (κ2) is 9.23. The van der Waals surface area contributed by atoms with Crippen LogP contribution < -0.4 is 20.3 Å². The molecule has 2 heterocycles. The number of methoxy groups -OCH3 is 1. The van der Waals surface area contributed by atoms with E-state index < -0.39 is 5.91 Å². The molecular formula is C21H17ClN6O3. The van der Waals surface area contributed by atoms with Gasteiger partial charge in [-0.2, -0.15) is 0 Å². The van der Waals surface area contributed by atoms with Crippen LogP contribution in [-0.4, -0.2) is 39.8 Å². The number of nitrogens with one attached hydrogen (secondary N) is 2. The summed E-state index contributed by atoms with van der Waals surface area (Å²) in [5, 5.41) is 9.43. The summed E-state index contributed by atoms with van der Waals surface area (Å²) >= 11 is 5.88. The minimum absolute atomic E-state index is 0.146. The molecule has 2 aromatic heterocycles. The number of carbonyl (C=O) groups excluding carboxylic acids is 1. The molecule has 0 saturated heterocycles. The van der Waals surface area contributed by atoms with E-state index in [4.69, 9.17) is 21.1 Å². The number of rotatable bonds is 7. The van der Waals surface area contributed by atoms with Crippen LogP contribution >= 0.6 is 11.6 Å². The molecule has 10 heteroatoms. The van der Waals surface area contributed by atoms with E-state index in [9.17, 15) is 4.79 Å². The van der Waals surface area contributed by atoms with Crippen molar-refractivity contribution in [3.05, 3.63) is 65.9 Å². The average molecular weight is 437 g/mol. The van der Waals surface area contributed by atoms with E-state index in [-0.39, 0.29) is 12.6 Å². The minimum Gasteiger partial charge on any atom is -0.497 e. The topological polar surface area (TPSA) is 111 Å². The predicted molar refractivity (Wildman–Crippen MR) is 116 cm³/mol. The number of amides is 1. The lowest BCUT2D eigenvalue weighted by Gasteiger charge is -2.10. The highest BCUT2D eigenvalue weighted by molar-refractivity contribution is 6.30. The molecule has 31 heavy (non-hydrogen) atoms. The average Bonchev–Trinajstić information content (AvgIpc) is 2.81. The summed E-state index contributed by atoms with van der Waals surface area (Å²) in [6.07, 6.45) is 3.15. The molecule has 0 bridgehead atoms. The fraction of sp³-hybridized carbons (Fsp3) is 0.0952. The van der Waals surface area contributed by atoms with E-state index in [1.807, 2.05) is 18.2 Å². The first-order valence-corrected chi connectivity index (χ1v) is 9.56. The first-order valence-electron chi connectivity index (χ1n) is 9.18. The molecule has 0 aliphatic rings. The Morgan fingerprint density at radius 2 is 1.90 bits per heavy atom. The van der Waals surface area contributed by atoms with Crippen molar-refractivity contribution in [2.75, 3.05) is 19.1 Å². The van der Waals surface area contributed by atoms with Crippen molar-refractivity contribution in [2.45, 2.75) is 0 Å². The van der Waals surface area contributed by atoms with Crippen molar-refractivity contribution in [1.82, 2.24) is 25.6 Å². The number of halogens is 1. The number of fused-ring (bicyclic) bond motifs is 1. The van der Waals surface area contributed by atoms with Gasteiger partial charge in [0.1, 0.15) is 17.2 Å². The maximum atomic E-state index is 12.1. The van der Waals surface area contributed by atoms with Gasteiger partial charge in [0.25, 0.3) is 11.9 Å². The zero-order valence-electron chi connectivity index (χ0n) is 16.4. The smallest absolute Gasteiger partial charge is 0.276 e. The molecule has 1 amide bonds. The van der Waals surface area contributed by atoms with Gasteiger partial charge in [0, 0.05) is 28.2 Å². The largest absolute Gasteiger partial charge is 0.497 e. The Morgan fingerprint density at radius 3 is 2.65 bits per heavy atom. The molecule has 4 aromatic rings. The molecule has 2 N–H and O–H groups in total. The summed E-state index contributed by atoms with van der Waals surface area (Å²) in [5.41, 5.74) is 7.19. The number of carbonyl (C=O) groups is 1. The minimum atomic E-state index is -0.413. The van der Waals surface area contributed by atoms with Gasteiger partial charge in [-0.15, -0.1) is 10.2 Å². The fourth-order valence-electron chi connectivity index (χ4n) is 2.74. The number of pyridine rings is 1. The van der Waals surface area contributed by atoms with E-state index in [0.717, 1.165) is 10.9 Å². The third kappa shape index (κ3) is 4.96. The number of aromatic nitrogens is 4. The van der Waals surface area contributed by atoms with Crippen LogP contribution in [0.5, 0.6) is 11.5 Å². The summed E-state index contributed by atoms with van der Waals surface area (Å²) in [5.74, 6) is 0.958. The van der Waals surface area contributed by atoms with Gasteiger partial charge in [0.15, 0.2) is 6.61 Å². The molecule has 156 valence electrons. The Morgan fingerprint density at radius 1 is 1.06 bits per heavy atom. The van der Waals surface area contributed by atoms with Crippen LogP contribution in [0.2, 0.25) is 5.02 Å². The molecule has 9 nitrogen and oxygen atoms in total. The molecule has 0 aliphatic carbocycles. The second-order valence-electron chi connectivity index (χ2n) is 6.33. The second-order valence-corrected chi connectivity index (χ2v) is 6.76. The highest BCUT2D eigenvalue weighted by Crippen LogP contribution is 2.27. The molecule has 0 unspecified atom stereocenters. The number of ether oxygens (including phenoxy) is 2. The highest BCUT2D eigenvalue weighted by atomic mass is 35.5. The van der Waals surface area contributed by atoms with E-state index in [0.29, 0.717) is 27.7 Å². The van der Waals surface area contributed by atoms with Crippen LogP contribution in [0, 0.1) is 0 Å². The Balaban J connectivity index is 1.32. The van der Waals surface area contributed by atoms with Crippen molar-refractivity contribution >= 4 is 34.4 Å². The molecule has 0 aliphatic heterocycles. The number of benzene rings is 2. The Hall–Kier alpha value is -3.98. The summed E-state index contributed by atoms with van der Waals surface area (Å²) < 4.78 is 10.8. The Labute approximate surface area is 182 Å². The summed E-state index contributed by atoms with van der Waals surface area (Å²) in [4.78, 5) is 20.5. The number of hydrogen-bond donors (Lipinski definition) is 2. The van der Waals surface area contributed by atoms with Crippen LogP contribution in [0.3, 0.4) is 0 Å². The van der Waals surface area contributed by atoms with Crippen LogP contribution in [0.25, 0.3) is 22.2 Å². The predicted octanol–water partition coefficient (Wildman–Crippen LogP) is 3.27. The fourth-order valence-corrected chi connectivity index (χ4v) is 2.87. The number of anilines is 1.